The Morgan fingerprint density at radius 2 is 2.12 bits per heavy atom. The number of hydrogen-bond donors (Lipinski definition) is 2. The van der Waals surface area contributed by atoms with Crippen LogP contribution in [-0.4, -0.2) is 17.5 Å². The van der Waals surface area contributed by atoms with Crippen molar-refractivity contribution in [3.05, 3.63) is 23.2 Å². The van der Waals surface area contributed by atoms with Gasteiger partial charge >= 0.3 is 0 Å². The molecule has 0 bridgehead atoms. The lowest BCUT2D eigenvalue weighted by molar-refractivity contribution is 0.475. The number of halogens is 1. The summed E-state index contributed by atoms with van der Waals surface area (Å²) in [6.07, 6.45) is 7.34. The zero-order chi connectivity index (χ0) is 12.3. The number of thioether (sulfide) groups is 1. The SMILES string of the molecule is CSC1CCCCC1Nc1cc(Cl)ccc1N. The van der Waals surface area contributed by atoms with Crippen molar-refractivity contribution in [3.8, 4) is 0 Å². The smallest absolute Gasteiger partial charge is 0.0591 e. The predicted molar refractivity (Wildman–Crippen MR) is 79.0 cm³/mol. The van der Waals surface area contributed by atoms with Crippen molar-refractivity contribution >= 4 is 34.7 Å². The van der Waals surface area contributed by atoms with Gasteiger partial charge in [-0.3, -0.25) is 0 Å². The summed E-state index contributed by atoms with van der Waals surface area (Å²) in [6, 6.07) is 6.12. The summed E-state index contributed by atoms with van der Waals surface area (Å²) < 4.78 is 0. The van der Waals surface area contributed by atoms with Crippen LogP contribution in [0.3, 0.4) is 0 Å². The molecule has 0 saturated heterocycles. The van der Waals surface area contributed by atoms with E-state index in [-0.39, 0.29) is 0 Å². The molecule has 3 N–H and O–H groups in total. The maximum absolute atomic E-state index is 6.00. The average molecular weight is 271 g/mol. The molecule has 2 atom stereocenters. The van der Waals surface area contributed by atoms with Crippen LogP contribution in [0.25, 0.3) is 0 Å². The molecule has 0 spiro atoms. The van der Waals surface area contributed by atoms with Crippen molar-refractivity contribution in [1.82, 2.24) is 0 Å². The molecule has 2 nitrogen and oxygen atoms in total. The Bertz CT molecular complexity index is 384. The topological polar surface area (TPSA) is 38.0 Å². The first-order valence-corrected chi connectivity index (χ1v) is 7.71. The van der Waals surface area contributed by atoms with E-state index in [4.69, 9.17) is 17.3 Å². The van der Waals surface area contributed by atoms with Crippen LogP contribution in [0.4, 0.5) is 11.4 Å². The Hall–Kier alpha value is -0.540. The summed E-state index contributed by atoms with van der Waals surface area (Å²) in [5.74, 6) is 0. The van der Waals surface area contributed by atoms with Gasteiger partial charge in [0.1, 0.15) is 0 Å². The minimum absolute atomic E-state index is 0.513. The van der Waals surface area contributed by atoms with E-state index in [2.05, 4.69) is 11.6 Å². The number of benzene rings is 1. The van der Waals surface area contributed by atoms with Gasteiger partial charge in [-0.1, -0.05) is 24.4 Å². The van der Waals surface area contributed by atoms with Gasteiger partial charge in [0.05, 0.1) is 11.4 Å². The highest BCUT2D eigenvalue weighted by Gasteiger charge is 2.24. The Labute approximate surface area is 112 Å². The fourth-order valence-electron chi connectivity index (χ4n) is 2.40. The van der Waals surface area contributed by atoms with Crippen LogP contribution in [0.15, 0.2) is 18.2 Å². The van der Waals surface area contributed by atoms with Crippen LogP contribution in [0.1, 0.15) is 25.7 Å². The number of nitrogens with one attached hydrogen (secondary N) is 1. The molecule has 1 aromatic rings. The summed E-state index contributed by atoms with van der Waals surface area (Å²) in [5, 5.41) is 4.98. The summed E-state index contributed by atoms with van der Waals surface area (Å²) >= 11 is 7.95. The van der Waals surface area contributed by atoms with Gasteiger partial charge in [0.25, 0.3) is 0 Å². The third kappa shape index (κ3) is 3.23. The fourth-order valence-corrected chi connectivity index (χ4v) is 3.50. The van der Waals surface area contributed by atoms with Crippen molar-refractivity contribution < 1.29 is 0 Å². The quantitative estimate of drug-likeness (QED) is 0.815. The molecular formula is C13H19ClN2S. The van der Waals surface area contributed by atoms with Crippen molar-refractivity contribution in [2.45, 2.75) is 37.0 Å². The first-order valence-electron chi connectivity index (χ1n) is 6.05. The number of nitrogen functional groups attached to an aromatic ring is 1. The summed E-state index contributed by atoms with van der Waals surface area (Å²) in [6.45, 7) is 0. The largest absolute Gasteiger partial charge is 0.397 e. The van der Waals surface area contributed by atoms with Crippen molar-refractivity contribution in [3.63, 3.8) is 0 Å². The van der Waals surface area contributed by atoms with Crippen molar-refractivity contribution in [2.24, 2.45) is 0 Å². The van der Waals surface area contributed by atoms with E-state index < -0.39 is 0 Å². The molecule has 1 aromatic carbocycles. The Morgan fingerprint density at radius 3 is 2.88 bits per heavy atom. The maximum Gasteiger partial charge on any atom is 0.0591 e. The van der Waals surface area contributed by atoms with E-state index in [0.29, 0.717) is 11.3 Å². The molecular weight excluding hydrogens is 252 g/mol. The van der Waals surface area contributed by atoms with E-state index in [1.807, 2.05) is 30.0 Å². The molecule has 0 aliphatic heterocycles. The normalized spacial score (nSPS) is 24.6. The number of nitrogens with two attached hydrogens (primary N) is 1. The molecule has 17 heavy (non-hydrogen) atoms. The highest BCUT2D eigenvalue weighted by atomic mass is 35.5. The second-order valence-electron chi connectivity index (χ2n) is 4.54. The van der Waals surface area contributed by atoms with Crippen LogP contribution >= 0.6 is 23.4 Å². The summed E-state index contributed by atoms with van der Waals surface area (Å²) in [5.41, 5.74) is 7.72. The molecule has 0 radical (unpaired) electrons. The Morgan fingerprint density at radius 1 is 1.35 bits per heavy atom. The zero-order valence-electron chi connectivity index (χ0n) is 10.1. The van der Waals surface area contributed by atoms with Gasteiger partial charge in [-0.25, -0.2) is 0 Å². The molecule has 0 aromatic heterocycles. The summed E-state index contributed by atoms with van der Waals surface area (Å²) in [4.78, 5) is 0. The standard InChI is InChI=1S/C13H19ClN2S/c1-17-13-5-3-2-4-11(13)16-12-8-9(14)6-7-10(12)15/h6-8,11,13,16H,2-5,15H2,1H3. The second kappa shape index (κ2) is 5.87. The van der Waals surface area contributed by atoms with Gasteiger partial charge in [0.15, 0.2) is 0 Å². The predicted octanol–water partition coefficient (Wildman–Crippen LogP) is 4.01. The van der Waals surface area contributed by atoms with Crippen LogP contribution in [0.2, 0.25) is 5.02 Å². The molecule has 94 valence electrons. The van der Waals surface area contributed by atoms with E-state index in [1.165, 1.54) is 25.7 Å². The highest BCUT2D eigenvalue weighted by molar-refractivity contribution is 7.99. The molecule has 1 aliphatic rings. The first kappa shape index (κ1) is 12.9. The molecule has 0 amide bonds. The molecule has 2 rings (SSSR count). The van der Waals surface area contributed by atoms with Crippen LogP contribution < -0.4 is 11.1 Å². The first-order chi connectivity index (χ1) is 8.20. The van der Waals surface area contributed by atoms with E-state index in [0.717, 1.165) is 16.4 Å². The second-order valence-corrected chi connectivity index (χ2v) is 6.05. The highest BCUT2D eigenvalue weighted by Crippen LogP contribution is 2.32. The minimum Gasteiger partial charge on any atom is -0.397 e. The van der Waals surface area contributed by atoms with Crippen LogP contribution in [-0.2, 0) is 0 Å². The summed E-state index contributed by atoms with van der Waals surface area (Å²) in [7, 11) is 0. The lowest BCUT2D eigenvalue weighted by Gasteiger charge is -2.32. The number of rotatable bonds is 3. The minimum atomic E-state index is 0.513. The molecule has 1 aliphatic carbocycles. The Kier molecular flexibility index (Phi) is 4.46. The third-order valence-electron chi connectivity index (χ3n) is 3.36. The fraction of sp³-hybridized carbons (Fsp3) is 0.538. The maximum atomic E-state index is 6.00. The van der Waals surface area contributed by atoms with Gasteiger partial charge in [-0.15, -0.1) is 0 Å². The lowest BCUT2D eigenvalue weighted by atomic mass is 9.94. The van der Waals surface area contributed by atoms with Crippen molar-refractivity contribution in [2.75, 3.05) is 17.3 Å². The van der Waals surface area contributed by atoms with Crippen LogP contribution in [0, 0.1) is 0 Å². The molecule has 1 fully saturated rings. The van der Waals surface area contributed by atoms with Gasteiger partial charge in [0, 0.05) is 16.3 Å². The lowest BCUT2D eigenvalue weighted by Crippen LogP contribution is -2.34. The van der Waals surface area contributed by atoms with Gasteiger partial charge < -0.3 is 11.1 Å². The van der Waals surface area contributed by atoms with Gasteiger partial charge in [-0.2, -0.15) is 11.8 Å². The number of anilines is 2. The molecule has 2 unspecified atom stereocenters. The van der Waals surface area contributed by atoms with E-state index in [9.17, 15) is 0 Å². The molecule has 1 saturated carbocycles. The molecule has 4 heteroatoms. The van der Waals surface area contributed by atoms with Gasteiger partial charge in [0.2, 0.25) is 0 Å². The van der Waals surface area contributed by atoms with Crippen LogP contribution in [0.5, 0.6) is 0 Å². The monoisotopic (exact) mass is 270 g/mol. The zero-order valence-corrected chi connectivity index (χ0v) is 11.7. The molecule has 0 heterocycles. The average Bonchev–Trinajstić information content (AvgIpc) is 2.34. The third-order valence-corrected chi connectivity index (χ3v) is 4.77. The number of hydrogen-bond acceptors (Lipinski definition) is 3. The van der Waals surface area contributed by atoms with Crippen molar-refractivity contribution in [1.29, 1.82) is 0 Å². The van der Waals surface area contributed by atoms with Gasteiger partial charge in [-0.05, 0) is 37.3 Å². The van der Waals surface area contributed by atoms with E-state index in [1.54, 1.807) is 0 Å². The van der Waals surface area contributed by atoms with E-state index >= 15 is 0 Å². The Balaban J connectivity index is 2.10.